The lowest BCUT2D eigenvalue weighted by molar-refractivity contribution is -0.439. The summed E-state index contributed by atoms with van der Waals surface area (Å²) < 4.78 is 36.4. The number of ether oxygens (including phenoxy) is 2. The minimum Gasteiger partial charge on any atom is -0.334 e. The van der Waals surface area contributed by atoms with E-state index in [1.165, 1.54) is 6.42 Å². The number of hydrogen-bond donors (Lipinski definition) is 1. The highest BCUT2D eigenvalue weighted by molar-refractivity contribution is 7.91. The molecular formula is C19H33NO6S. The maximum absolute atomic E-state index is 11.8. The van der Waals surface area contributed by atoms with Gasteiger partial charge in [-0.1, -0.05) is 20.3 Å². The predicted molar refractivity (Wildman–Crippen MR) is 99.4 cm³/mol. The first kappa shape index (κ1) is 20.0. The van der Waals surface area contributed by atoms with Crippen molar-refractivity contribution in [1.29, 1.82) is 0 Å². The molecule has 0 radical (unpaired) electrons. The van der Waals surface area contributed by atoms with Crippen LogP contribution < -0.4 is 0 Å². The summed E-state index contributed by atoms with van der Waals surface area (Å²) in [6.07, 6.45) is 3.36. The van der Waals surface area contributed by atoms with E-state index in [1.807, 2.05) is 0 Å². The minimum atomic E-state index is -2.93. The second kappa shape index (κ2) is 7.22. The van der Waals surface area contributed by atoms with Gasteiger partial charge in [-0.15, -0.1) is 0 Å². The van der Waals surface area contributed by atoms with Gasteiger partial charge in [-0.25, -0.2) is 18.6 Å². The molecule has 1 saturated carbocycles. The number of rotatable bonds is 2. The van der Waals surface area contributed by atoms with Gasteiger partial charge in [-0.05, 0) is 43.4 Å². The molecule has 8 atom stereocenters. The summed E-state index contributed by atoms with van der Waals surface area (Å²) in [7, 11) is -2.93. The molecule has 4 fully saturated rings. The lowest BCUT2D eigenvalue weighted by atomic mass is 9.61. The Morgan fingerprint density at radius 3 is 2.48 bits per heavy atom. The van der Waals surface area contributed by atoms with Gasteiger partial charge >= 0.3 is 0 Å². The van der Waals surface area contributed by atoms with Gasteiger partial charge in [0.1, 0.15) is 6.23 Å². The molecule has 0 aromatic heterocycles. The fraction of sp³-hybridized carbons (Fsp3) is 1.00. The zero-order valence-electron chi connectivity index (χ0n) is 16.5. The summed E-state index contributed by atoms with van der Waals surface area (Å²) in [5, 5.41) is 9.44. The average molecular weight is 404 g/mol. The standard InChI is InChI=1S/C19H33NO6S/c1-12-4-5-15-13(2)17(20-8-10-27(22,23)11-9-20)24-18-16(15)14(12)6-7-19(3,25-18)26-21/h12-18,21H,4-11H2,1-3H3/t12-,13-,14+,15+,16?,17-,18-,19?/m1/s1. The van der Waals surface area contributed by atoms with Gasteiger partial charge in [-0.2, -0.15) is 0 Å². The molecule has 156 valence electrons. The van der Waals surface area contributed by atoms with Crippen LogP contribution in [0.5, 0.6) is 0 Å². The van der Waals surface area contributed by atoms with Crippen molar-refractivity contribution < 1.29 is 28.0 Å². The third-order valence-electron chi connectivity index (χ3n) is 7.62. The van der Waals surface area contributed by atoms with Crippen molar-refractivity contribution in [3.63, 3.8) is 0 Å². The normalized spacial score (nSPS) is 50.6. The molecule has 1 aliphatic carbocycles. The van der Waals surface area contributed by atoms with Crippen molar-refractivity contribution in [3.05, 3.63) is 0 Å². The lowest BCUT2D eigenvalue weighted by Crippen LogP contribution is -2.60. The Morgan fingerprint density at radius 1 is 1.11 bits per heavy atom. The van der Waals surface area contributed by atoms with E-state index in [-0.39, 0.29) is 17.7 Å². The first-order chi connectivity index (χ1) is 12.7. The largest absolute Gasteiger partial charge is 0.334 e. The van der Waals surface area contributed by atoms with Crippen molar-refractivity contribution in [2.24, 2.45) is 29.6 Å². The fourth-order valence-corrected chi connectivity index (χ4v) is 7.15. The molecule has 27 heavy (non-hydrogen) atoms. The summed E-state index contributed by atoms with van der Waals surface area (Å²) >= 11 is 0. The Kier molecular flexibility index (Phi) is 5.36. The highest BCUT2D eigenvalue weighted by Gasteiger charge is 2.55. The molecule has 1 N–H and O–H groups in total. The third kappa shape index (κ3) is 3.69. The zero-order valence-corrected chi connectivity index (χ0v) is 17.4. The zero-order chi connectivity index (χ0) is 19.4. The van der Waals surface area contributed by atoms with Gasteiger partial charge in [0.15, 0.2) is 16.1 Å². The molecular weight excluding hydrogens is 370 g/mol. The molecule has 7 nitrogen and oxygen atoms in total. The van der Waals surface area contributed by atoms with Crippen LogP contribution in [0.15, 0.2) is 0 Å². The van der Waals surface area contributed by atoms with E-state index in [4.69, 9.17) is 14.4 Å². The van der Waals surface area contributed by atoms with Crippen LogP contribution in [0.3, 0.4) is 0 Å². The molecule has 0 amide bonds. The molecule has 0 aromatic carbocycles. The number of sulfone groups is 1. The van der Waals surface area contributed by atoms with Crippen LogP contribution in [0.1, 0.15) is 46.5 Å². The highest BCUT2D eigenvalue weighted by Crippen LogP contribution is 2.53. The van der Waals surface area contributed by atoms with Crippen LogP contribution in [-0.2, 0) is 24.2 Å². The molecule has 4 rings (SSSR count). The molecule has 3 heterocycles. The maximum atomic E-state index is 11.8. The molecule has 0 aromatic rings. The van der Waals surface area contributed by atoms with Crippen molar-refractivity contribution >= 4 is 9.84 Å². The molecule has 8 heteroatoms. The summed E-state index contributed by atoms with van der Waals surface area (Å²) in [5.41, 5.74) is 0. The summed E-state index contributed by atoms with van der Waals surface area (Å²) in [4.78, 5) is 6.90. The third-order valence-corrected chi connectivity index (χ3v) is 9.23. The molecule has 0 bridgehead atoms. The summed E-state index contributed by atoms with van der Waals surface area (Å²) in [5.74, 6) is 1.53. The molecule has 3 saturated heterocycles. The molecule has 2 unspecified atom stereocenters. The summed E-state index contributed by atoms with van der Waals surface area (Å²) in [6, 6.07) is 0. The van der Waals surface area contributed by atoms with Crippen LogP contribution >= 0.6 is 0 Å². The van der Waals surface area contributed by atoms with Gasteiger partial charge in [0.05, 0.1) is 11.5 Å². The van der Waals surface area contributed by atoms with Crippen LogP contribution in [0.25, 0.3) is 0 Å². The minimum absolute atomic E-state index is 0.151. The maximum Gasteiger partial charge on any atom is 0.201 e. The fourth-order valence-electron chi connectivity index (χ4n) is 5.92. The number of nitrogens with zero attached hydrogens (tertiary/aromatic N) is 1. The van der Waals surface area contributed by atoms with Gasteiger partial charge in [-0.3, -0.25) is 4.90 Å². The van der Waals surface area contributed by atoms with Crippen molar-refractivity contribution in [2.45, 2.75) is 64.8 Å². The molecule has 0 spiro atoms. The van der Waals surface area contributed by atoms with Crippen molar-refractivity contribution in [3.8, 4) is 0 Å². The van der Waals surface area contributed by atoms with Crippen molar-refractivity contribution in [2.75, 3.05) is 24.6 Å². The van der Waals surface area contributed by atoms with Crippen LogP contribution in [-0.4, -0.2) is 61.5 Å². The van der Waals surface area contributed by atoms with E-state index in [2.05, 4.69) is 18.7 Å². The van der Waals surface area contributed by atoms with Gasteiger partial charge < -0.3 is 9.47 Å². The number of hydrogen-bond acceptors (Lipinski definition) is 7. The van der Waals surface area contributed by atoms with Crippen LogP contribution in [0.4, 0.5) is 0 Å². The molecule has 3 aliphatic heterocycles. The van der Waals surface area contributed by atoms with Gasteiger partial charge in [0, 0.05) is 25.4 Å². The molecule has 4 aliphatic rings. The van der Waals surface area contributed by atoms with Crippen molar-refractivity contribution in [1.82, 2.24) is 4.90 Å². The Labute approximate surface area is 162 Å². The van der Waals surface area contributed by atoms with Gasteiger partial charge in [0.2, 0.25) is 5.79 Å². The highest BCUT2D eigenvalue weighted by atomic mass is 32.2. The Balaban J connectivity index is 1.60. The predicted octanol–water partition coefficient (Wildman–Crippen LogP) is 2.33. The summed E-state index contributed by atoms with van der Waals surface area (Å²) in [6.45, 7) is 7.35. The Bertz CT molecular complexity index is 643. The van der Waals surface area contributed by atoms with E-state index in [0.29, 0.717) is 49.1 Å². The lowest BCUT2D eigenvalue weighted by Gasteiger charge is -2.54. The van der Waals surface area contributed by atoms with Crippen LogP contribution in [0.2, 0.25) is 0 Å². The first-order valence-corrected chi connectivity index (χ1v) is 12.2. The average Bonchev–Trinajstić information content (AvgIpc) is 2.78. The second-order valence-electron chi connectivity index (χ2n) is 9.28. The SMILES string of the molecule is C[C@@H]1[C@@H]2CC[C@@H](C)[C@@H]3CCC(C)(OO)O[C@@H](O[C@H]1N1CCS(=O)(=O)CC1)C23. The van der Waals surface area contributed by atoms with Crippen LogP contribution in [0, 0.1) is 29.6 Å². The van der Waals surface area contributed by atoms with E-state index >= 15 is 0 Å². The topological polar surface area (TPSA) is 85.3 Å². The second-order valence-corrected chi connectivity index (χ2v) is 11.6. The quantitative estimate of drug-likeness (QED) is 0.559. The van der Waals surface area contributed by atoms with E-state index < -0.39 is 21.9 Å². The van der Waals surface area contributed by atoms with E-state index in [9.17, 15) is 13.7 Å². The first-order valence-electron chi connectivity index (χ1n) is 10.3. The monoisotopic (exact) mass is 403 g/mol. The van der Waals surface area contributed by atoms with Gasteiger partial charge in [0.25, 0.3) is 0 Å². The Hall–Kier alpha value is -0.250. The smallest absolute Gasteiger partial charge is 0.201 e. The Morgan fingerprint density at radius 2 is 1.81 bits per heavy atom. The van der Waals surface area contributed by atoms with E-state index in [0.717, 1.165) is 12.8 Å². The van der Waals surface area contributed by atoms with E-state index in [1.54, 1.807) is 6.92 Å².